The first kappa shape index (κ1) is 17.7. The molecule has 3 rings (SSSR count). The molecule has 0 aliphatic carbocycles. The summed E-state index contributed by atoms with van der Waals surface area (Å²) in [5, 5.41) is 4.19. The number of hydrazone groups is 1. The first-order valence-electron chi connectivity index (χ1n) is 9.13. The molecule has 0 unspecified atom stereocenters. The lowest BCUT2D eigenvalue weighted by atomic mass is 9.92. The van der Waals surface area contributed by atoms with Crippen molar-refractivity contribution in [1.82, 2.24) is 10.3 Å². The highest BCUT2D eigenvalue weighted by Gasteiger charge is 2.23. The summed E-state index contributed by atoms with van der Waals surface area (Å²) in [4.78, 5) is 14.0. The van der Waals surface area contributed by atoms with Crippen LogP contribution in [0.2, 0.25) is 0 Å². The zero-order valence-corrected chi connectivity index (χ0v) is 14.9. The Hall–Kier alpha value is -2.14. The number of likely N-dealkylation sites (tertiary alicyclic amines) is 1. The fourth-order valence-electron chi connectivity index (χ4n) is 3.53. The van der Waals surface area contributed by atoms with E-state index in [4.69, 9.17) is 4.74 Å². The van der Waals surface area contributed by atoms with Gasteiger partial charge < -0.3 is 9.64 Å². The van der Waals surface area contributed by atoms with Crippen molar-refractivity contribution >= 4 is 11.6 Å². The standard InChI is InChI=1S/C20H27N3O2/c1-3-16-14-19(24)21-22-20(16)17-7-9-18(10-8-17)25-13-5-12-23-11-4-6-15(23)2/h3,7-10,15-16H,1,4-6,11-14H2,2H3,(H,21,24)/t15-,16+/m1/s1. The largest absolute Gasteiger partial charge is 0.494 e. The molecule has 0 aromatic heterocycles. The Balaban J connectivity index is 1.50. The SMILES string of the molecule is C=C[C@H]1CC(=O)NN=C1c1ccc(OCCCN2CCC[C@H]2C)cc1. The zero-order valence-electron chi connectivity index (χ0n) is 14.9. The third-order valence-electron chi connectivity index (χ3n) is 5.04. The number of hydrogen-bond donors (Lipinski definition) is 1. The van der Waals surface area contributed by atoms with Gasteiger partial charge in [0.25, 0.3) is 0 Å². The van der Waals surface area contributed by atoms with Crippen molar-refractivity contribution in [3.63, 3.8) is 0 Å². The van der Waals surface area contributed by atoms with Gasteiger partial charge in [-0.2, -0.15) is 5.10 Å². The second-order valence-electron chi connectivity index (χ2n) is 6.83. The molecule has 1 fully saturated rings. The van der Waals surface area contributed by atoms with Crippen molar-refractivity contribution in [3.05, 3.63) is 42.5 Å². The molecule has 0 radical (unpaired) electrons. The van der Waals surface area contributed by atoms with Crippen LogP contribution in [0.5, 0.6) is 5.75 Å². The predicted molar refractivity (Wildman–Crippen MR) is 99.8 cm³/mol. The lowest BCUT2D eigenvalue weighted by Crippen LogP contribution is -2.32. The molecule has 1 amide bonds. The molecule has 0 spiro atoms. The van der Waals surface area contributed by atoms with Crippen LogP contribution in [0.4, 0.5) is 0 Å². The Kier molecular flexibility index (Phi) is 5.87. The number of ether oxygens (including phenoxy) is 1. The van der Waals surface area contributed by atoms with E-state index in [0.29, 0.717) is 12.5 Å². The lowest BCUT2D eigenvalue weighted by Gasteiger charge is -2.21. The van der Waals surface area contributed by atoms with E-state index >= 15 is 0 Å². The molecule has 2 heterocycles. The highest BCUT2D eigenvalue weighted by atomic mass is 16.5. The molecule has 2 aliphatic heterocycles. The van der Waals surface area contributed by atoms with Crippen LogP contribution in [0.15, 0.2) is 42.0 Å². The zero-order chi connectivity index (χ0) is 17.6. The van der Waals surface area contributed by atoms with Crippen molar-refractivity contribution in [2.75, 3.05) is 19.7 Å². The van der Waals surface area contributed by atoms with Crippen LogP contribution < -0.4 is 10.2 Å². The van der Waals surface area contributed by atoms with Crippen LogP contribution in [0.25, 0.3) is 0 Å². The van der Waals surface area contributed by atoms with E-state index in [2.05, 4.69) is 28.9 Å². The maximum absolute atomic E-state index is 11.4. The van der Waals surface area contributed by atoms with E-state index in [1.165, 1.54) is 19.4 Å². The summed E-state index contributed by atoms with van der Waals surface area (Å²) in [7, 11) is 0. The van der Waals surface area contributed by atoms with E-state index in [0.717, 1.165) is 36.6 Å². The maximum atomic E-state index is 11.4. The van der Waals surface area contributed by atoms with Crippen LogP contribution in [0.1, 0.15) is 38.2 Å². The number of nitrogens with zero attached hydrogens (tertiary/aromatic N) is 2. The summed E-state index contributed by atoms with van der Waals surface area (Å²) < 4.78 is 5.86. The van der Waals surface area contributed by atoms with Gasteiger partial charge in [-0.3, -0.25) is 4.79 Å². The summed E-state index contributed by atoms with van der Waals surface area (Å²) in [6.45, 7) is 9.18. The molecule has 2 atom stereocenters. The van der Waals surface area contributed by atoms with Gasteiger partial charge >= 0.3 is 0 Å². The summed E-state index contributed by atoms with van der Waals surface area (Å²) in [5.74, 6) is 0.762. The minimum absolute atomic E-state index is 0.0389. The normalized spacial score (nSPS) is 23.9. The fourth-order valence-corrected chi connectivity index (χ4v) is 3.53. The van der Waals surface area contributed by atoms with Crippen LogP contribution in [0.3, 0.4) is 0 Å². The summed E-state index contributed by atoms with van der Waals surface area (Å²) >= 11 is 0. The Morgan fingerprint density at radius 1 is 1.40 bits per heavy atom. The molecule has 1 aromatic carbocycles. The summed E-state index contributed by atoms with van der Waals surface area (Å²) in [6.07, 6.45) is 5.86. The quantitative estimate of drug-likeness (QED) is 0.613. The Bertz CT molecular complexity index is 639. The molecular weight excluding hydrogens is 314 g/mol. The van der Waals surface area contributed by atoms with Crippen molar-refractivity contribution in [1.29, 1.82) is 0 Å². The number of allylic oxidation sites excluding steroid dienone is 1. The molecular formula is C20H27N3O2. The second-order valence-corrected chi connectivity index (χ2v) is 6.83. The van der Waals surface area contributed by atoms with E-state index in [1.54, 1.807) is 6.08 Å². The van der Waals surface area contributed by atoms with Gasteiger partial charge in [0.2, 0.25) is 5.91 Å². The van der Waals surface area contributed by atoms with Gasteiger partial charge in [-0.15, -0.1) is 6.58 Å². The second kappa shape index (κ2) is 8.30. The van der Waals surface area contributed by atoms with E-state index in [-0.39, 0.29) is 11.8 Å². The molecule has 2 aliphatic rings. The van der Waals surface area contributed by atoms with Gasteiger partial charge in [0.1, 0.15) is 5.75 Å². The average molecular weight is 341 g/mol. The molecule has 25 heavy (non-hydrogen) atoms. The number of amides is 1. The minimum atomic E-state index is -0.0686. The molecule has 1 N–H and O–H groups in total. The number of nitrogens with one attached hydrogen (secondary N) is 1. The van der Waals surface area contributed by atoms with Gasteiger partial charge in [-0.05, 0) is 62.6 Å². The van der Waals surface area contributed by atoms with Gasteiger partial charge in [0, 0.05) is 24.9 Å². The Morgan fingerprint density at radius 2 is 2.20 bits per heavy atom. The summed E-state index contributed by atoms with van der Waals surface area (Å²) in [6, 6.07) is 8.63. The number of rotatable bonds is 7. The molecule has 0 saturated carbocycles. The van der Waals surface area contributed by atoms with Crippen molar-refractivity contribution in [2.24, 2.45) is 11.0 Å². The smallest absolute Gasteiger partial charge is 0.241 e. The topological polar surface area (TPSA) is 53.9 Å². The van der Waals surface area contributed by atoms with E-state index in [1.807, 2.05) is 24.3 Å². The number of carbonyl (C=O) groups is 1. The number of hydrogen-bond acceptors (Lipinski definition) is 4. The first-order valence-corrected chi connectivity index (χ1v) is 9.13. The van der Waals surface area contributed by atoms with Gasteiger partial charge in [-0.1, -0.05) is 6.08 Å². The van der Waals surface area contributed by atoms with Crippen molar-refractivity contribution < 1.29 is 9.53 Å². The maximum Gasteiger partial charge on any atom is 0.241 e. The number of benzene rings is 1. The van der Waals surface area contributed by atoms with Crippen LogP contribution in [-0.4, -0.2) is 42.3 Å². The monoisotopic (exact) mass is 341 g/mol. The van der Waals surface area contributed by atoms with Gasteiger partial charge in [0.15, 0.2) is 0 Å². The highest BCUT2D eigenvalue weighted by Crippen LogP contribution is 2.21. The number of carbonyl (C=O) groups excluding carboxylic acids is 1. The van der Waals surface area contributed by atoms with Crippen LogP contribution >= 0.6 is 0 Å². The van der Waals surface area contributed by atoms with E-state index in [9.17, 15) is 4.79 Å². The van der Waals surface area contributed by atoms with Gasteiger partial charge in [0.05, 0.1) is 12.3 Å². The average Bonchev–Trinajstić information content (AvgIpc) is 3.04. The predicted octanol–water partition coefficient (Wildman–Crippen LogP) is 2.97. The fraction of sp³-hybridized carbons (Fsp3) is 0.500. The van der Waals surface area contributed by atoms with Gasteiger partial charge in [-0.25, -0.2) is 5.43 Å². The lowest BCUT2D eigenvalue weighted by molar-refractivity contribution is -0.121. The third kappa shape index (κ3) is 4.48. The summed E-state index contributed by atoms with van der Waals surface area (Å²) in [5.41, 5.74) is 4.39. The molecule has 5 heteroatoms. The van der Waals surface area contributed by atoms with Crippen molar-refractivity contribution in [2.45, 2.75) is 38.6 Å². The van der Waals surface area contributed by atoms with Crippen LogP contribution in [-0.2, 0) is 4.79 Å². The third-order valence-corrected chi connectivity index (χ3v) is 5.04. The molecule has 1 aromatic rings. The highest BCUT2D eigenvalue weighted by molar-refractivity contribution is 6.06. The molecule has 134 valence electrons. The first-order chi connectivity index (χ1) is 12.2. The molecule has 1 saturated heterocycles. The molecule has 5 nitrogen and oxygen atoms in total. The Morgan fingerprint density at radius 3 is 2.88 bits per heavy atom. The minimum Gasteiger partial charge on any atom is -0.494 e. The van der Waals surface area contributed by atoms with Crippen molar-refractivity contribution in [3.8, 4) is 5.75 Å². The van der Waals surface area contributed by atoms with E-state index < -0.39 is 0 Å². The Labute approximate surface area is 149 Å². The van der Waals surface area contributed by atoms with Crippen LogP contribution in [0, 0.1) is 5.92 Å². The molecule has 0 bridgehead atoms.